The molecule has 6 heteroatoms. The van der Waals surface area contributed by atoms with E-state index in [0.717, 1.165) is 22.3 Å². The Bertz CT molecular complexity index is 747. The molecule has 102 valence electrons. The molecule has 1 atom stereocenters. The summed E-state index contributed by atoms with van der Waals surface area (Å²) < 4.78 is 7.04. The van der Waals surface area contributed by atoms with Crippen LogP contribution in [0.3, 0.4) is 0 Å². The maximum Gasteiger partial charge on any atom is 0.161 e. The van der Waals surface area contributed by atoms with E-state index in [0.29, 0.717) is 5.75 Å². The molecule has 0 spiro atoms. The van der Waals surface area contributed by atoms with Crippen molar-refractivity contribution in [2.24, 2.45) is 12.8 Å². The molecule has 0 aliphatic carbocycles. The van der Waals surface area contributed by atoms with E-state index >= 15 is 0 Å². The third-order valence-electron chi connectivity index (χ3n) is 3.33. The third-order valence-corrected chi connectivity index (χ3v) is 3.33. The molecule has 0 saturated heterocycles. The first-order chi connectivity index (χ1) is 9.72. The lowest BCUT2D eigenvalue weighted by atomic mass is 10.0. The summed E-state index contributed by atoms with van der Waals surface area (Å²) in [5.74, 6) is 0.667. The van der Waals surface area contributed by atoms with Crippen LogP contribution >= 0.6 is 0 Å². The lowest BCUT2D eigenvalue weighted by Crippen LogP contribution is -2.17. The van der Waals surface area contributed by atoms with Gasteiger partial charge in [0, 0.05) is 25.0 Å². The number of methoxy groups -OCH3 is 1. The molecule has 20 heavy (non-hydrogen) atoms. The first kappa shape index (κ1) is 12.6. The minimum atomic E-state index is -0.377. The van der Waals surface area contributed by atoms with Crippen LogP contribution in [0.5, 0.6) is 5.75 Å². The van der Waals surface area contributed by atoms with Crippen LogP contribution in [0, 0.1) is 0 Å². The lowest BCUT2D eigenvalue weighted by Gasteiger charge is -2.15. The average Bonchev–Trinajstić information content (AvgIpc) is 2.87. The molecular weight excluding hydrogens is 254 g/mol. The number of nitrogens with two attached hydrogens (primary N) is 1. The van der Waals surface area contributed by atoms with E-state index in [1.165, 1.54) is 0 Å². The fraction of sp³-hybridized carbons (Fsp3) is 0.214. The second kappa shape index (κ2) is 4.90. The topological polar surface area (TPSA) is 78.9 Å². The zero-order chi connectivity index (χ0) is 14.1. The van der Waals surface area contributed by atoms with Crippen molar-refractivity contribution in [3.63, 3.8) is 0 Å². The molecule has 0 amide bonds. The summed E-state index contributed by atoms with van der Waals surface area (Å²) in [6.45, 7) is 0. The van der Waals surface area contributed by atoms with E-state index in [9.17, 15) is 0 Å². The Morgan fingerprint density at radius 2 is 2.05 bits per heavy atom. The van der Waals surface area contributed by atoms with Gasteiger partial charge in [-0.2, -0.15) is 5.10 Å². The van der Waals surface area contributed by atoms with Crippen molar-refractivity contribution in [3.05, 3.63) is 48.0 Å². The SMILES string of the molecule is COc1cnn(C)c1C(N)c1cccc2nccnc12. The van der Waals surface area contributed by atoms with Crippen LogP contribution in [-0.2, 0) is 7.05 Å². The standard InChI is InChI=1S/C14H15N5O/c1-19-14(11(20-2)8-18-19)12(15)9-4-3-5-10-13(9)17-7-6-16-10/h3-8,12H,15H2,1-2H3. The van der Waals surface area contributed by atoms with E-state index in [-0.39, 0.29) is 6.04 Å². The highest BCUT2D eigenvalue weighted by molar-refractivity contribution is 5.78. The molecule has 0 radical (unpaired) electrons. The lowest BCUT2D eigenvalue weighted by molar-refractivity contribution is 0.406. The monoisotopic (exact) mass is 269 g/mol. The zero-order valence-corrected chi connectivity index (χ0v) is 11.3. The van der Waals surface area contributed by atoms with E-state index < -0.39 is 0 Å². The maximum absolute atomic E-state index is 6.40. The number of rotatable bonds is 3. The van der Waals surface area contributed by atoms with Crippen LogP contribution in [0.1, 0.15) is 17.3 Å². The molecule has 0 bridgehead atoms. The van der Waals surface area contributed by atoms with Crippen LogP contribution in [-0.4, -0.2) is 26.9 Å². The Morgan fingerprint density at radius 3 is 2.85 bits per heavy atom. The van der Waals surface area contributed by atoms with Crippen LogP contribution in [0.25, 0.3) is 11.0 Å². The van der Waals surface area contributed by atoms with Crippen LogP contribution in [0.15, 0.2) is 36.8 Å². The molecule has 0 saturated carbocycles. The first-order valence-electron chi connectivity index (χ1n) is 6.23. The summed E-state index contributed by atoms with van der Waals surface area (Å²) in [6, 6.07) is 5.42. The molecule has 2 aromatic heterocycles. The van der Waals surface area contributed by atoms with E-state index in [1.54, 1.807) is 30.4 Å². The highest BCUT2D eigenvalue weighted by Crippen LogP contribution is 2.30. The zero-order valence-electron chi connectivity index (χ0n) is 11.3. The average molecular weight is 269 g/mol. The predicted octanol–water partition coefficient (Wildman–Crippen LogP) is 1.42. The predicted molar refractivity (Wildman–Crippen MR) is 75.3 cm³/mol. The van der Waals surface area contributed by atoms with Crippen molar-refractivity contribution in [1.29, 1.82) is 0 Å². The molecule has 3 aromatic rings. The summed E-state index contributed by atoms with van der Waals surface area (Å²) in [6.07, 6.45) is 4.99. The minimum absolute atomic E-state index is 0.377. The number of aromatic nitrogens is 4. The van der Waals surface area contributed by atoms with Crippen molar-refractivity contribution in [2.45, 2.75) is 6.04 Å². The number of fused-ring (bicyclic) bond motifs is 1. The van der Waals surface area contributed by atoms with Gasteiger partial charge in [-0.25, -0.2) is 0 Å². The van der Waals surface area contributed by atoms with Crippen molar-refractivity contribution < 1.29 is 4.74 Å². The Morgan fingerprint density at radius 1 is 1.25 bits per heavy atom. The summed E-state index contributed by atoms with van der Waals surface area (Å²) in [7, 11) is 3.45. The van der Waals surface area contributed by atoms with Crippen molar-refractivity contribution in [2.75, 3.05) is 7.11 Å². The molecule has 3 rings (SSSR count). The Kier molecular flexibility index (Phi) is 3.08. The number of benzene rings is 1. The van der Waals surface area contributed by atoms with Gasteiger partial charge < -0.3 is 10.5 Å². The number of hydrogen-bond acceptors (Lipinski definition) is 5. The van der Waals surface area contributed by atoms with Crippen molar-refractivity contribution in [1.82, 2.24) is 19.7 Å². The van der Waals surface area contributed by atoms with Gasteiger partial charge in [-0.05, 0) is 6.07 Å². The van der Waals surface area contributed by atoms with Gasteiger partial charge in [-0.1, -0.05) is 12.1 Å². The fourth-order valence-corrected chi connectivity index (χ4v) is 2.35. The molecule has 1 aromatic carbocycles. The summed E-state index contributed by atoms with van der Waals surface area (Å²) >= 11 is 0. The van der Waals surface area contributed by atoms with Gasteiger partial charge in [0.15, 0.2) is 5.75 Å². The van der Waals surface area contributed by atoms with E-state index in [1.807, 2.05) is 25.2 Å². The molecule has 0 aliphatic rings. The smallest absolute Gasteiger partial charge is 0.161 e. The van der Waals surface area contributed by atoms with Gasteiger partial charge in [0.25, 0.3) is 0 Å². The maximum atomic E-state index is 6.40. The highest BCUT2D eigenvalue weighted by Gasteiger charge is 2.21. The molecular formula is C14H15N5O. The number of aryl methyl sites for hydroxylation is 1. The number of nitrogens with zero attached hydrogens (tertiary/aromatic N) is 4. The van der Waals surface area contributed by atoms with Crippen LogP contribution in [0.4, 0.5) is 0 Å². The van der Waals surface area contributed by atoms with Gasteiger partial charge in [0.2, 0.25) is 0 Å². The molecule has 6 nitrogen and oxygen atoms in total. The van der Waals surface area contributed by atoms with Crippen molar-refractivity contribution >= 4 is 11.0 Å². The quantitative estimate of drug-likeness (QED) is 0.778. The fourth-order valence-electron chi connectivity index (χ4n) is 2.35. The number of para-hydroxylation sites is 1. The normalized spacial score (nSPS) is 12.6. The third kappa shape index (κ3) is 1.90. The van der Waals surface area contributed by atoms with Crippen LogP contribution in [0.2, 0.25) is 0 Å². The van der Waals surface area contributed by atoms with E-state index in [4.69, 9.17) is 10.5 Å². The Balaban J connectivity index is 2.17. The van der Waals surface area contributed by atoms with Crippen molar-refractivity contribution in [3.8, 4) is 5.75 Å². The van der Waals surface area contributed by atoms with Gasteiger partial charge in [-0.15, -0.1) is 0 Å². The molecule has 2 N–H and O–H groups in total. The molecule has 2 heterocycles. The first-order valence-corrected chi connectivity index (χ1v) is 6.23. The minimum Gasteiger partial charge on any atom is -0.493 e. The summed E-state index contributed by atoms with van der Waals surface area (Å²) in [4.78, 5) is 8.68. The van der Waals surface area contributed by atoms with E-state index in [2.05, 4.69) is 15.1 Å². The number of hydrogen-bond donors (Lipinski definition) is 1. The Labute approximate surface area is 116 Å². The largest absolute Gasteiger partial charge is 0.493 e. The number of ether oxygens (including phenoxy) is 1. The Hall–Kier alpha value is -2.47. The highest BCUT2D eigenvalue weighted by atomic mass is 16.5. The van der Waals surface area contributed by atoms with Gasteiger partial charge in [-0.3, -0.25) is 14.6 Å². The summed E-state index contributed by atoms with van der Waals surface area (Å²) in [5, 5.41) is 4.19. The molecule has 1 unspecified atom stereocenters. The van der Waals surface area contributed by atoms with Crippen LogP contribution < -0.4 is 10.5 Å². The van der Waals surface area contributed by atoms with Gasteiger partial charge in [0.1, 0.15) is 5.69 Å². The summed E-state index contributed by atoms with van der Waals surface area (Å²) in [5.41, 5.74) is 9.72. The molecule has 0 fully saturated rings. The second-order valence-electron chi connectivity index (χ2n) is 4.47. The van der Waals surface area contributed by atoms with Gasteiger partial charge in [0.05, 0.1) is 30.4 Å². The molecule has 0 aliphatic heterocycles. The van der Waals surface area contributed by atoms with Gasteiger partial charge >= 0.3 is 0 Å². The second-order valence-corrected chi connectivity index (χ2v) is 4.47.